The third kappa shape index (κ3) is 4.82. The Labute approximate surface area is 180 Å². The van der Waals surface area contributed by atoms with Gasteiger partial charge in [-0.15, -0.1) is 0 Å². The molecule has 31 heavy (non-hydrogen) atoms. The van der Waals surface area contributed by atoms with Gasteiger partial charge in [0.25, 0.3) is 0 Å². The van der Waals surface area contributed by atoms with E-state index in [1.165, 1.54) is 19.1 Å². The molecule has 0 aliphatic carbocycles. The summed E-state index contributed by atoms with van der Waals surface area (Å²) >= 11 is 0. The summed E-state index contributed by atoms with van der Waals surface area (Å²) in [6.45, 7) is 5.00. The van der Waals surface area contributed by atoms with Crippen LogP contribution in [-0.4, -0.2) is 29.9 Å². The maximum Gasteiger partial charge on any atom is 0.227 e. The molecular formula is C24H25FN4O2. The van der Waals surface area contributed by atoms with Crippen LogP contribution in [0.1, 0.15) is 25.3 Å². The number of carbonyl (C=O) groups is 2. The molecule has 0 saturated carbocycles. The summed E-state index contributed by atoms with van der Waals surface area (Å²) < 4.78 is 13.0. The Hall–Kier alpha value is -3.48. The zero-order valence-electron chi connectivity index (χ0n) is 17.6. The number of halogens is 1. The molecule has 3 aromatic rings. The van der Waals surface area contributed by atoms with Gasteiger partial charge in [-0.2, -0.15) is 0 Å². The average Bonchev–Trinajstić information content (AvgIpc) is 2.75. The van der Waals surface area contributed by atoms with E-state index in [0.717, 1.165) is 53.9 Å². The van der Waals surface area contributed by atoms with Crippen LogP contribution in [0.2, 0.25) is 0 Å². The van der Waals surface area contributed by atoms with E-state index >= 15 is 0 Å². The van der Waals surface area contributed by atoms with Crippen LogP contribution < -0.4 is 15.5 Å². The molecule has 160 valence electrons. The molecule has 2 N–H and O–H groups in total. The summed E-state index contributed by atoms with van der Waals surface area (Å²) in [5.74, 6) is 0.362. The first-order valence-electron chi connectivity index (χ1n) is 10.4. The second kappa shape index (κ2) is 8.71. The van der Waals surface area contributed by atoms with Gasteiger partial charge in [-0.25, -0.2) is 9.37 Å². The summed E-state index contributed by atoms with van der Waals surface area (Å²) in [6, 6.07) is 13.6. The van der Waals surface area contributed by atoms with Gasteiger partial charge in [-0.3, -0.25) is 9.59 Å². The minimum absolute atomic E-state index is 0.0283. The van der Waals surface area contributed by atoms with Crippen molar-refractivity contribution < 1.29 is 14.0 Å². The molecule has 1 aliphatic heterocycles. The Balaban J connectivity index is 1.42. The molecule has 4 rings (SSSR count). The third-order valence-electron chi connectivity index (χ3n) is 5.62. The fourth-order valence-corrected chi connectivity index (χ4v) is 3.97. The molecular weight excluding hydrogens is 395 g/mol. The van der Waals surface area contributed by atoms with Crippen molar-refractivity contribution in [2.24, 2.45) is 5.92 Å². The van der Waals surface area contributed by atoms with Crippen LogP contribution in [0.15, 0.2) is 48.5 Å². The summed E-state index contributed by atoms with van der Waals surface area (Å²) in [6.07, 6.45) is 1.46. The SMILES string of the molecule is CC(=O)Nc1ccc2nc(N3CCC(C(=O)Nc4ccc(F)cc4)CC3)cc(C)c2c1. The topological polar surface area (TPSA) is 74.3 Å². The summed E-state index contributed by atoms with van der Waals surface area (Å²) in [5, 5.41) is 6.68. The molecule has 0 spiro atoms. The number of benzene rings is 2. The van der Waals surface area contributed by atoms with Crippen LogP contribution in [0.3, 0.4) is 0 Å². The second-order valence-corrected chi connectivity index (χ2v) is 7.97. The maximum absolute atomic E-state index is 13.0. The predicted molar refractivity (Wildman–Crippen MR) is 121 cm³/mol. The van der Waals surface area contributed by atoms with Crippen LogP contribution in [0.4, 0.5) is 21.6 Å². The first kappa shape index (κ1) is 20.8. The molecule has 0 atom stereocenters. The number of amides is 2. The number of aromatic nitrogens is 1. The second-order valence-electron chi connectivity index (χ2n) is 7.97. The van der Waals surface area contributed by atoms with Crippen molar-refractivity contribution in [2.75, 3.05) is 28.6 Å². The van der Waals surface area contributed by atoms with E-state index in [-0.39, 0.29) is 23.5 Å². The van der Waals surface area contributed by atoms with E-state index in [4.69, 9.17) is 4.98 Å². The number of nitrogens with one attached hydrogen (secondary N) is 2. The van der Waals surface area contributed by atoms with Crippen LogP contribution in [0.5, 0.6) is 0 Å². The normalized spacial score (nSPS) is 14.5. The number of pyridine rings is 1. The van der Waals surface area contributed by atoms with Gasteiger partial charge >= 0.3 is 0 Å². The maximum atomic E-state index is 13.0. The van der Waals surface area contributed by atoms with Crippen LogP contribution in [0.25, 0.3) is 10.9 Å². The number of aryl methyl sites for hydroxylation is 1. The zero-order valence-corrected chi connectivity index (χ0v) is 17.6. The number of hydrogen-bond donors (Lipinski definition) is 2. The largest absolute Gasteiger partial charge is 0.357 e. The number of rotatable bonds is 4. The van der Waals surface area contributed by atoms with Gasteiger partial charge in [0.15, 0.2) is 0 Å². The predicted octanol–water partition coefficient (Wildman–Crippen LogP) is 4.50. The highest BCUT2D eigenvalue weighted by Crippen LogP contribution is 2.28. The molecule has 1 aliphatic rings. The lowest BCUT2D eigenvalue weighted by Gasteiger charge is -2.32. The Morgan fingerprint density at radius 1 is 1.00 bits per heavy atom. The van der Waals surface area contributed by atoms with E-state index in [2.05, 4.69) is 21.6 Å². The Bertz CT molecular complexity index is 1120. The molecule has 0 bridgehead atoms. The monoisotopic (exact) mass is 420 g/mol. The molecule has 0 unspecified atom stereocenters. The molecule has 0 radical (unpaired) electrons. The van der Waals surface area contributed by atoms with Gasteiger partial charge in [-0.05, 0) is 73.9 Å². The summed E-state index contributed by atoms with van der Waals surface area (Å²) in [4.78, 5) is 30.9. The lowest BCUT2D eigenvalue weighted by atomic mass is 9.95. The van der Waals surface area contributed by atoms with Crippen molar-refractivity contribution in [3.63, 3.8) is 0 Å². The van der Waals surface area contributed by atoms with Crippen molar-refractivity contribution in [3.05, 3.63) is 59.9 Å². The smallest absolute Gasteiger partial charge is 0.227 e. The first-order chi connectivity index (χ1) is 14.9. The van der Waals surface area contributed by atoms with E-state index in [0.29, 0.717) is 5.69 Å². The average molecular weight is 420 g/mol. The standard InChI is InChI=1S/C24H25FN4O2/c1-15-13-23(28-22-8-7-20(14-21(15)22)26-16(2)30)29-11-9-17(10-12-29)24(31)27-19-5-3-18(25)4-6-19/h3-8,13-14,17H,9-12H2,1-2H3,(H,26,30)(H,27,31). The van der Waals surface area contributed by atoms with Gasteiger partial charge in [0.05, 0.1) is 5.52 Å². The Kier molecular flexibility index (Phi) is 5.84. The molecule has 7 heteroatoms. The molecule has 1 fully saturated rings. The minimum atomic E-state index is -0.323. The molecule has 1 saturated heterocycles. The van der Waals surface area contributed by atoms with Crippen molar-refractivity contribution in [1.29, 1.82) is 0 Å². The Morgan fingerprint density at radius 3 is 2.35 bits per heavy atom. The highest BCUT2D eigenvalue weighted by molar-refractivity contribution is 5.94. The van der Waals surface area contributed by atoms with Gasteiger partial charge in [0.2, 0.25) is 11.8 Å². The highest BCUT2D eigenvalue weighted by atomic mass is 19.1. The zero-order chi connectivity index (χ0) is 22.0. The molecule has 2 heterocycles. The number of nitrogens with zero attached hydrogens (tertiary/aromatic N) is 2. The highest BCUT2D eigenvalue weighted by Gasteiger charge is 2.26. The fraction of sp³-hybridized carbons (Fsp3) is 0.292. The lowest BCUT2D eigenvalue weighted by Crippen LogP contribution is -2.38. The quantitative estimate of drug-likeness (QED) is 0.652. The Morgan fingerprint density at radius 2 is 1.68 bits per heavy atom. The fourth-order valence-electron chi connectivity index (χ4n) is 3.97. The van der Waals surface area contributed by atoms with Crippen molar-refractivity contribution in [2.45, 2.75) is 26.7 Å². The van der Waals surface area contributed by atoms with Crippen LogP contribution in [0, 0.1) is 18.7 Å². The number of piperidine rings is 1. The van der Waals surface area contributed by atoms with E-state index in [1.807, 2.05) is 25.1 Å². The van der Waals surface area contributed by atoms with E-state index in [9.17, 15) is 14.0 Å². The van der Waals surface area contributed by atoms with Gasteiger partial charge in [0, 0.05) is 42.7 Å². The van der Waals surface area contributed by atoms with Gasteiger partial charge < -0.3 is 15.5 Å². The third-order valence-corrected chi connectivity index (χ3v) is 5.62. The molecule has 1 aromatic heterocycles. The number of carbonyl (C=O) groups excluding carboxylic acids is 2. The van der Waals surface area contributed by atoms with E-state index in [1.54, 1.807) is 12.1 Å². The lowest BCUT2D eigenvalue weighted by molar-refractivity contribution is -0.120. The molecule has 2 amide bonds. The summed E-state index contributed by atoms with van der Waals surface area (Å²) in [5.41, 5.74) is 3.33. The van der Waals surface area contributed by atoms with E-state index < -0.39 is 0 Å². The minimum Gasteiger partial charge on any atom is -0.357 e. The van der Waals surface area contributed by atoms with Crippen molar-refractivity contribution in [1.82, 2.24) is 4.98 Å². The number of fused-ring (bicyclic) bond motifs is 1. The van der Waals surface area contributed by atoms with Gasteiger partial charge in [-0.1, -0.05) is 0 Å². The van der Waals surface area contributed by atoms with Crippen LogP contribution in [-0.2, 0) is 9.59 Å². The molecule has 6 nitrogen and oxygen atoms in total. The summed E-state index contributed by atoms with van der Waals surface area (Å²) in [7, 11) is 0. The number of anilines is 3. The number of hydrogen-bond acceptors (Lipinski definition) is 4. The van der Waals surface area contributed by atoms with Crippen LogP contribution >= 0.6 is 0 Å². The van der Waals surface area contributed by atoms with Crippen molar-refractivity contribution in [3.8, 4) is 0 Å². The molecule has 2 aromatic carbocycles. The van der Waals surface area contributed by atoms with Crippen molar-refractivity contribution >= 4 is 39.9 Å². The first-order valence-corrected chi connectivity index (χ1v) is 10.4. The van der Waals surface area contributed by atoms with Gasteiger partial charge in [0.1, 0.15) is 11.6 Å².